The van der Waals surface area contributed by atoms with E-state index in [2.05, 4.69) is 0 Å². The molecule has 4 rings (SSSR count). The minimum atomic E-state index is -1.51. The lowest BCUT2D eigenvalue weighted by Gasteiger charge is -2.24. The van der Waals surface area contributed by atoms with Gasteiger partial charge in [0.2, 0.25) is 11.6 Å². The molecule has 0 saturated heterocycles. The number of halogens is 6. The molecule has 0 aromatic heterocycles. The fraction of sp³-hybridized carbons (Fsp3) is 0.250. The van der Waals surface area contributed by atoms with Crippen molar-refractivity contribution in [2.24, 2.45) is 0 Å². The van der Waals surface area contributed by atoms with Crippen LogP contribution < -0.4 is 9.47 Å². The van der Waals surface area contributed by atoms with Crippen LogP contribution in [0.1, 0.15) is 59.2 Å². The number of ether oxygens (including phenoxy) is 2. The number of esters is 1. The third kappa shape index (κ3) is 5.08. The predicted molar refractivity (Wildman–Crippen MR) is 125 cm³/mol. The molecule has 3 nitrogen and oxygen atoms in total. The molecule has 0 N–H and O–H groups in total. The topological polar surface area (TPSA) is 35.5 Å². The highest BCUT2D eigenvalue weighted by atomic mass is 19.2. The van der Waals surface area contributed by atoms with Gasteiger partial charge in [0.05, 0.1) is 12.2 Å². The fourth-order valence-corrected chi connectivity index (χ4v) is 4.31. The zero-order valence-electron chi connectivity index (χ0n) is 19.9. The van der Waals surface area contributed by atoms with Gasteiger partial charge in [-0.15, -0.1) is 0 Å². The summed E-state index contributed by atoms with van der Waals surface area (Å²) in [5, 5.41) is 0. The van der Waals surface area contributed by atoms with E-state index in [-0.39, 0.29) is 35.5 Å². The molecule has 1 aliphatic carbocycles. The van der Waals surface area contributed by atoms with Crippen molar-refractivity contribution in [1.82, 2.24) is 0 Å². The number of allylic oxidation sites excluding steroid dienone is 2. The molecule has 9 heteroatoms. The average molecular weight is 520 g/mol. The van der Waals surface area contributed by atoms with Gasteiger partial charge >= 0.3 is 5.97 Å². The number of aryl methyl sites for hydroxylation is 1. The maximum absolute atomic E-state index is 14.9. The lowest BCUT2D eigenvalue weighted by molar-refractivity contribution is 0.0720. The van der Waals surface area contributed by atoms with E-state index < -0.39 is 58.1 Å². The molecule has 37 heavy (non-hydrogen) atoms. The lowest BCUT2D eigenvalue weighted by atomic mass is 9.82. The molecule has 0 radical (unpaired) electrons. The van der Waals surface area contributed by atoms with Crippen molar-refractivity contribution in [3.05, 3.63) is 99.6 Å². The Morgan fingerprint density at radius 3 is 2.22 bits per heavy atom. The van der Waals surface area contributed by atoms with Crippen molar-refractivity contribution < 1.29 is 40.6 Å². The second-order valence-electron chi connectivity index (χ2n) is 8.60. The maximum Gasteiger partial charge on any atom is 0.346 e. The average Bonchev–Trinajstić information content (AvgIpc) is 2.89. The first kappa shape index (κ1) is 26.3. The van der Waals surface area contributed by atoms with E-state index in [0.717, 1.165) is 18.2 Å². The van der Waals surface area contributed by atoms with Gasteiger partial charge in [-0.2, -0.15) is 8.78 Å². The zero-order chi connectivity index (χ0) is 26.9. The Balaban J connectivity index is 1.53. The van der Waals surface area contributed by atoms with Crippen LogP contribution in [0.5, 0.6) is 11.5 Å². The van der Waals surface area contributed by atoms with Crippen molar-refractivity contribution in [2.75, 3.05) is 6.61 Å². The molecule has 0 fully saturated rings. The highest BCUT2D eigenvalue weighted by Crippen LogP contribution is 2.39. The summed E-state index contributed by atoms with van der Waals surface area (Å²) in [6, 6.07) is 7.18. The van der Waals surface area contributed by atoms with Gasteiger partial charge in [-0.05, 0) is 73.9 Å². The fourth-order valence-electron chi connectivity index (χ4n) is 4.31. The van der Waals surface area contributed by atoms with Crippen molar-refractivity contribution in [3.63, 3.8) is 0 Å². The van der Waals surface area contributed by atoms with Gasteiger partial charge in [-0.1, -0.05) is 24.3 Å². The molecule has 3 aromatic rings. The zero-order valence-corrected chi connectivity index (χ0v) is 19.9. The van der Waals surface area contributed by atoms with E-state index in [1.54, 1.807) is 13.0 Å². The van der Waals surface area contributed by atoms with Crippen LogP contribution in [0.4, 0.5) is 26.3 Å². The van der Waals surface area contributed by atoms with Gasteiger partial charge < -0.3 is 9.47 Å². The second kappa shape index (κ2) is 10.7. The van der Waals surface area contributed by atoms with Crippen LogP contribution in [0.3, 0.4) is 0 Å². The summed E-state index contributed by atoms with van der Waals surface area (Å²) in [5.41, 5.74) is 0.0853. The Morgan fingerprint density at radius 1 is 0.838 bits per heavy atom. The molecule has 3 aromatic carbocycles. The van der Waals surface area contributed by atoms with E-state index in [1.807, 2.05) is 0 Å². The molecule has 0 saturated carbocycles. The van der Waals surface area contributed by atoms with Gasteiger partial charge in [0.1, 0.15) is 0 Å². The number of carbonyl (C=O) groups excluding carboxylic acids is 1. The van der Waals surface area contributed by atoms with Gasteiger partial charge in [0, 0.05) is 5.56 Å². The molecule has 0 amide bonds. The predicted octanol–water partition coefficient (Wildman–Crippen LogP) is 7.80. The summed E-state index contributed by atoms with van der Waals surface area (Å²) in [7, 11) is 0. The third-order valence-corrected chi connectivity index (χ3v) is 6.32. The number of hydrogen-bond acceptors (Lipinski definition) is 3. The Bertz CT molecular complexity index is 1400. The SMILES string of the molecule is CCOc1ccc(OC(=O)c2ccc(C3CC=C(c4ccc(C)c(F)c4F)CC3)c(F)c2F)c(F)c1F. The first-order valence-corrected chi connectivity index (χ1v) is 11.6. The van der Waals surface area contributed by atoms with Gasteiger partial charge in [-0.3, -0.25) is 0 Å². The van der Waals surface area contributed by atoms with Gasteiger partial charge in [-0.25, -0.2) is 22.4 Å². The minimum absolute atomic E-state index is 0.00167. The van der Waals surface area contributed by atoms with Crippen LogP contribution in [-0.2, 0) is 0 Å². The minimum Gasteiger partial charge on any atom is -0.491 e. The molecule has 1 unspecified atom stereocenters. The Morgan fingerprint density at radius 2 is 1.54 bits per heavy atom. The molecular weight excluding hydrogens is 498 g/mol. The van der Waals surface area contributed by atoms with E-state index in [4.69, 9.17) is 9.47 Å². The molecule has 1 aliphatic rings. The lowest BCUT2D eigenvalue weighted by Crippen LogP contribution is -2.15. The van der Waals surface area contributed by atoms with Crippen LogP contribution in [0, 0.1) is 41.8 Å². The van der Waals surface area contributed by atoms with Gasteiger partial charge in [0.15, 0.2) is 34.8 Å². The molecule has 0 heterocycles. The van der Waals surface area contributed by atoms with Crippen LogP contribution in [-0.4, -0.2) is 12.6 Å². The molecule has 1 atom stereocenters. The van der Waals surface area contributed by atoms with Crippen molar-refractivity contribution in [3.8, 4) is 11.5 Å². The quantitative estimate of drug-likeness (QED) is 0.189. The summed E-state index contributed by atoms with van der Waals surface area (Å²) < 4.78 is 96.0. The van der Waals surface area contributed by atoms with E-state index in [1.165, 1.54) is 25.1 Å². The summed E-state index contributed by atoms with van der Waals surface area (Å²) >= 11 is 0. The first-order valence-electron chi connectivity index (χ1n) is 11.6. The molecule has 0 bridgehead atoms. The van der Waals surface area contributed by atoms with E-state index >= 15 is 0 Å². The smallest absolute Gasteiger partial charge is 0.346 e. The normalized spacial score (nSPS) is 15.4. The molecule has 0 spiro atoms. The van der Waals surface area contributed by atoms with Crippen molar-refractivity contribution in [2.45, 2.75) is 39.0 Å². The maximum atomic E-state index is 14.9. The van der Waals surface area contributed by atoms with E-state index in [0.29, 0.717) is 18.4 Å². The van der Waals surface area contributed by atoms with Crippen molar-refractivity contribution in [1.29, 1.82) is 0 Å². The van der Waals surface area contributed by atoms with Gasteiger partial charge in [0.25, 0.3) is 0 Å². The summed E-state index contributed by atoms with van der Waals surface area (Å²) in [6.07, 6.45) is 2.53. The first-order chi connectivity index (χ1) is 17.6. The Labute approximate surface area is 209 Å². The number of benzene rings is 3. The summed E-state index contributed by atoms with van der Waals surface area (Å²) in [5.74, 6) is -10.6. The Hall–Kier alpha value is -3.75. The summed E-state index contributed by atoms with van der Waals surface area (Å²) in [6.45, 7) is 3.10. The highest BCUT2D eigenvalue weighted by Gasteiger charge is 2.27. The standard InChI is InChI=1S/C28H22F6O3/c1-3-36-20-12-13-21(27(34)26(20)33)37-28(35)19-11-10-18(24(31)25(19)32)16-7-5-15(6-8-16)17-9-4-14(2)22(29)23(17)30/h4-5,9-13,16H,3,6-8H2,1-2H3. The molecule has 194 valence electrons. The highest BCUT2D eigenvalue weighted by molar-refractivity contribution is 5.91. The van der Waals surface area contributed by atoms with Crippen molar-refractivity contribution >= 4 is 11.5 Å². The third-order valence-electron chi connectivity index (χ3n) is 6.32. The number of rotatable bonds is 6. The van der Waals surface area contributed by atoms with E-state index in [9.17, 15) is 31.1 Å². The largest absolute Gasteiger partial charge is 0.491 e. The van der Waals surface area contributed by atoms with Crippen LogP contribution in [0.15, 0.2) is 42.5 Å². The van der Waals surface area contributed by atoms with Crippen LogP contribution >= 0.6 is 0 Å². The molecule has 0 aliphatic heterocycles. The summed E-state index contributed by atoms with van der Waals surface area (Å²) in [4.78, 5) is 12.4. The van der Waals surface area contributed by atoms with Crippen LogP contribution in [0.25, 0.3) is 5.57 Å². The number of hydrogen-bond donors (Lipinski definition) is 0. The van der Waals surface area contributed by atoms with Crippen LogP contribution in [0.2, 0.25) is 0 Å². The monoisotopic (exact) mass is 520 g/mol. The molecular formula is C28H22F6O3. The Kier molecular flexibility index (Phi) is 7.61. The number of carbonyl (C=O) groups is 1. The second-order valence-corrected chi connectivity index (χ2v) is 8.60.